The molecule has 3 aromatic carbocycles. The quantitative estimate of drug-likeness (QED) is 0.325. The fourth-order valence-corrected chi connectivity index (χ4v) is 3.93. The molecule has 5 rings (SSSR count). The van der Waals surface area contributed by atoms with E-state index in [2.05, 4.69) is 20.3 Å². The van der Waals surface area contributed by atoms with Gasteiger partial charge in [0.1, 0.15) is 17.3 Å². The Morgan fingerprint density at radius 3 is 2.43 bits per heavy atom. The van der Waals surface area contributed by atoms with E-state index in [1.807, 2.05) is 24.3 Å². The molecule has 186 valence electrons. The van der Waals surface area contributed by atoms with Crippen molar-refractivity contribution in [1.82, 2.24) is 25.0 Å². The number of nitrogens with one attached hydrogen (secondary N) is 1. The van der Waals surface area contributed by atoms with Crippen LogP contribution in [0.25, 0.3) is 33.7 Å². The molecule has 0 unspecified atom stereocenters. The summed E-state index contributed by atoms with van der Waals surface area (Å²) >= 11 is 0. The van der Waals surface area contributed by atoms with Gasteiger partial charge in [-0.1, -0.05) is 35.5 Å². The number of aromatic amines is 1. The van der Waals surface area contributed by atoms with Crippen LogP contribution in [0.4, 0.5) is 0 Å². The number of fused-ring (bicyclic) bond motifs is 1. The molecule has 0 radical (unpaired) electrons. The summed E-state index contributed by atoms with van der Waals surface area (Å²) in [5.74, 6) is 0.470. The molecule has 2 heterocycles. The Hall–Kier alpha value is -4.99. The first-order valence-electron chi connectivity index (χ1n) is 11.5. The van der Waals surface area contributed by atoms with E-state index in [0.29, 0.717) is 29.9 Å². The molecule has 0 amide bonds. The molecule has 2 aromatic heterocycles. The van der Waals surface area contributed by atoms with Gasteiger partial charge in [-0.2, -0.15) is 0 Å². The summed E-state index contributed by atoms with van der Waals surface area (Å²) in [6.07, 6.45) is 0. The monoisotopic (exact) mass is 497 g/mol. The molecule has 0 aliphatic heterocycles. The van der Waals surface area contributed by atoms with E-state index in [0.717, 1.165) is 22.4 Å². The van der Waals surface area contributed by atoms with Crippen LogP contribution >= 0.6 is 0 Å². The lowest BCUT2D eigenvalue weighted by Crippen LogP contribution is -2.11. The average Bonchev–Trinajstić information content (AvgIpc) is 3.32. The summed E-state index contributed by atoms with van der Waals surface area (Å²) in [6.45, 7) is 2.40. The summed E-state index contributed by atoms with van der Waals surface area (Å²) in [5.41, 5.74) is 3.20. The number of rotatable bonds is 7. The summed E-state index contributed by atoms with van der Waals surface area (Å²) in [4.78, 5) is 31.8. The first-order valence-corrected chi connectivity index (χ1v) is 11.5. The maximum Gasteiger partial charge on any atom is 0.338 e. The SMILES string of the molecule is CCOC(=O)c1ccc(-c2ccc(-c3nc4c(nnn4Cc4ccc(OC)cc4)c(=O)[nH]3)c(O)c2)cc1. The van der Waals surface area contributed by atoms with Crippen LogP contribution in [0.1, 0.15) is 22.8 Å². The molecule has 10 nitrogen and oxygen atoms in total. The van der Waals surface area contributed by atoms with Crippen LogP contribution in [0.3, 0.4) is 0 Å². The largest absolute Gasteiger partial charge is 0.507 e. The number of esters is 1. The minimum Gasteiger partial charge on any atom is -0.507 e. The molecule has 0 saturated carbocycles. The second-order valence-corrected chi connectivity index (χ2v) is 8.21. The molecular formula is C27H23N5O5. The standard InChI is InChI=1S/C27H23N5O5/c1-3-37-27(35)18-8-6-17(7-9-18)19-10-13-21(22(33)14-19)24-28-25-23(26(34)29-24)30-31-32(25)15-16-4-11-20(36-2)12-5-16/h4-14,33H,3,15H2,1-2H3,(H,28,29,34). The van der Waals surface area contributed by atoms with Gasteiger partial charge >= 0.3 is 5.97 Å². The molecule has 0 aliphatic carbocycles. The van der Waals surface area contributed by atoms with E-state index in [4.69, 9.17) is 9.47 Å². The lowest BCUT2D eigenvalue weighted by molar-refractivity contribution is 0.0526. The van der Waals surface area contributed by atoms with E-state index in [1.165, 1.54) is 4.68 Å². The number of ether oxygens (including phenoxy) is 2. The fourth-order valence-electron chi connectivity index (χ4n) is 3.93. The van der Waals surface area contributed by atoms with Gasteiger partial charge < -0.3 is 19.6 Å². The Kier molecular flexibility index (Phi) is 6.38. The van der Waals surface area contributed by atoms with Crippen molar-refractivity contribution >= 4 is 17.1 Å². The number of benzene rings is 3. The van der Waals surface area contributed by atoms with E-state index in [9.17, 15) is 14.7 Å². The number of aromatic hydroxyl groups is 1. The van der Waals surface area contributed by atoms with Crippen molar-refractivity contribution in [2.45, 2.75) is 13.5 Å². The van der Waals surface area contributed by atoms with Gasteiger partial charge in [0, 0.05) is 0 Å². The third-order valence-electron chi connectivity index (χ3n) is 5.85. The first kappa shape index (κ1) is 23.7. The van der Waals surface area contributed by atoms with Gasteiger partial charge in [0.25, 0.3) is 5.56 Å². The van der Waals surface area contributed by atoms with Crippen LogP contribution in [0.2, 0.25) is 0 Å². The second kappa shape index (κ2) is 9.94. The van der Waals surface area contributed by atoms with Gasteiger partial charge in [0.15, 0.2) is 11.2 Å². The maximum absolute atomic E-state index is 12.7. The number of hydrogen-bond acceptors (Lipinski definition) is 8. The molecule has 0 atom stereocenters. The summed E-state index contributed by atoms with van der Waals surface area (Å²) in [6, 6.07) is 19.4. The molecule has 2 N–H and O–H groups in total. The molecule has 10 heteroatoms. The highest BCUT2D eigenvalue weighted by molar-refractivity contribution is 5.90. The number of nitrogens with zero attached hydrogens (tertiary/aromatic N) is 4. The summed E-state index contributed by atoms with van der Waals surface area (Å²) in [7, 11) is 1.60. The van der Waals surface area contributed by atoms with Gasteiger partial charge in [-0.3, -0.25) is 4.79 Å². The second-order valence-electron chi connectivity index (χ2n) is 8.21. The molecule has 0 aliphatic rings. The fraction of sp³-hybridized carbons (Fsp3) is 0.148. The van der Waals surface area contributed by atoms with Crippen LogP contribution in [-0.4, -0.2) is 49.8 Å². The highest BCUT2D eigenvalue weighted by Crippen LogP contribution is 2.32. The smallest absolute Gasteiger partial charge is 0.338 e. The normalized spacial score (nSPS) is 11.0. The molecule has 5 aromatic rings. The Balaban J connectivity index is 1.45. The average molecular weight is 498 g/mol. The third-order valence-corrected chi connectivity index (χ3v) is 5.85. The van der Waals surface area contributed by atoms with Crippen LogP contribution in [0.15, 0.2) is 71.5 Å². The third kappa shape index (κ3) is 4.76. The molecule has 37 heavy (non-hydrogen) atoms. The van der Waals surface area contributed by atoms with E-state index in [-0.39, 0.29) is 17.1 Å². The molecule has 0 spiro atoms. The van der Waals surface area contributed by atoms with Crippen molar-refractivity contribution in [3.05, 3.63) is 88.2 Å². The Morgan fingerprint density at radius 2 is 1.76 bits per heavy atom. The van der Waals surface area contributed by atoms with Crippen molar-refractivity contribution in [2.24, 2.45) is 0 Å². The van der Waals surface area contributed by atoms with Crippen molar-refractivity contribution < 1.29 is 19.4 Å². The predicted molar refractivity (Wildman–Crippen MR) is 137 cm³/mol. The highest BCUT2D eigenvalue weighted by Gasteiger charge is 2.16. The van der Waals surface area contributed by atoms with Gasteiger partial charge in [0.05, 0.1) is 31.4 Å². The van der Waals surface area contributed by atoms with Gasteiger partial charge in [-0.25, -0.2) is 14.5 Å². The lowest BCUT2D eigenvalue weighted by Gasteiger charge is -2.09. The number of hydrogen-bond donors (Lipinski definition) is 2. The summed E-state index contributed by atoms with van der Waals surface area (Å²) < 4.78 is 11.7. The zero-order chi connectivity index (χ0) is 25.9. The number of methoxy groups -OCH3 is 1. The van der Waals surface area contributed by atoms with Crippen LogP contribution in [0, 0.1) is 0 Å². The number of phenolic OH excluding ortho intramolecular Hbond substituents is 1. The van der Waals surface area contributed by atoms with Crippen LogP contribution in [-0.2, 0) is 11.3 Å². The van der Waals surface area contributed by atoms with E-state index in [1.54, 1.807) is 56.5 Å². The van der Waals surface area contributed by atoms with Crippen molar-refractivity contribution in [2.75, 3.05) is 13.7 Å². The number of H-pyrrole nitrogens is 1. The lowest BCUT2D eigenvalue weighted by atomic mass is 10.0. The van der Waals surface area contributed by atoms with Crippen molar-refractivity contribution in [1.29, 1.82) is 0 Å². The molecule has 0 saturated heterocycles. The highest BCUT2D eigenvalue weighted by atomic mass is 16.5. The molecule has 0 fully saturated rings. The number of aromatic nitrogens is 5. The van der Waals surface area contributed by atoms with Crippen molar-refractivity contribution in [3.63, 3.8) is 0 Å². The Bertz CT molecular complexity index is 1640. The van der Waals surface area contributed by atoms with Crippen LogP contribution < -0.4 is 10.3 Å². The number of carbonyl (C=O) groups is 1. The number of phenols is 1. The van der Waals surface area contributed by atoms with Gasteiger partial charge in [0.2, 0.25) is 0 Å². The predicted octanol–water partition coefficient (Wildman–Crippen LogP) is 3.79. The minimum atomic E-state index is -0.459. The topological polar surface area (TPSA) is 132 Å². The summed E-state index contributed by atoms with van der Waals surface area (Å²) in [5, 5.41) is 18.9. The zero-order valence-corrected chi connectivity index (χ0v) is 20.1. The van der Waals surface area contributed by atoms with E-state index >= 15 is 0 Å². The molecule has 0 bridgehead atoms. The van der Waals surface area contributed by atoms with Crippen LogP contribution in [0.5, 0.6) is 11.5 Å². The number of carbonyl (C=O) groups excluding carboxylic acids is 1. The van der Waals surface area contributed by atoms with Gasteiger partial charge in [-0.15, -0.1) is 5.10 Å². The minimum absolute atomic E-state index is 0.0661. The van der Waals surface area contributed by atoms with E-state index < -0.39 is 11.5 Å². The first-order chi connectivity index (χ1) is 18.0. The van der Waals surface area contributed by atoms with Gasteiger partial charge in [-0.05, 0) is 60.0 Å². The zero-order valence-electron chi connectivity index (χ0n) is 20.1. The van der Waals surface area contributed by atoms with Crippen molar-refractivity contribution in [3.8, 4) is 34.0 Å². The Morgan fingerprint density at radius 1 is 1.03 bits per heavy atom. The Labute approximate surface area is 211 Å². The maximum atomic E-state index is 12.7. The molecular weight excluding hydrogens is 474 g/mol.